The van der Waals surface area contributed by atoms with Crippen molar-refractivity contribution >= 4 is 22.5 Å². The highest BCUT2D eigenvalue weighted by Crippen LogP contribution is 2.49. The first-order valence-electron chi connectivity index (χ1n) is 10.6. The fourth-order valence-electron chi connectivity index (χ4n) is 5.49. The van der Waals surface area contributed by atoms with Gasteiger partial charge in [0.15, 0.2) is 0 Å². The second-order valence-corrected chi connectivity index (χ2v) is 8.26. The standard InChI is InChI=1S/C23H28N4O/c1-5-23(6-2)17-12-18-16(11-19(17)27(7-3)22(23)28)15-10-8-9-14-13(4)25-26-21(14)20(15)24-18/h11-12,24H,5-10H2,1-4H3,(H,25,26). The summed E-state index contributed by atoms with van der Waals surface area (Å²) in [5, 5.41) is 9.03. The van der Waals surface area contributed by atoms with E-state index >= 15 is 0 Å². The molecule has 3 aromatic rings. The summed E-state index contributed by atoms with van der Waals surface area (Å²) in [7, 11) is 0. The van der Waals surface area contributed by atoms with E-state index in [1.54, 1.807) is 0 Å². The minimum Gasteiger partial charge on any atom is -0.353 e. The molecule has 1 aromatic carbocycles. The molecule has 0 atom stereocenters. The average molecular weight is 377 g/mol. The van der Waals surface area contributed by atoms with E-state index in [0.29, 0.717) is 6.54 Å². The molecule has 3 heterocycles. The van der Waals surface area contributed by atoms with Gasteiger partial charge in [0, 0.05) is 34.4 Å². The molecule has 2 aliphatic rings. The maximum absolute atomic E-state index is 13.3. The molecule has 28 heavy (non-hydrogen) atoms. The number of nitrogens with zero attached hydrogens (tertiary/aromatic N) is 2. The number of hydrogen-bond acceptors (Lipinski definition) is 2. The first-order chi connectivity index (χ1) is 13.6. The van der Waals surface area contributed by atoms with E-state index in [9.17, 15) is 4.79 Å². The van der Waals surface area contributed by atoms with Crippen LogP contribution in [0.2, 0.25) is 0 Å². The summed E-state index contributed by atoms with van der Waals surface area (Å²) in [4.78, 5) is 19.0. The molecule has 1 amide bonds. The Hall–Kier alpha value is -2.56. The van der Waals surface area contributed by atoms with Gasteiger partial charge in [0.25, 0.3) is 0 Å². The van der Waals surface area contributed by atoms with Crippen LogP contribution in [0.4, 0.5) is 5.69 Å². The predicted octanol–water partition coefficient (Wildman–Crippen LogP) is 4.78. The Morgan fingerprint density at radius 2 is 1.89 bits per heavy atom. The van der Waals surface area contributed by atoms with Crippen LogP contribution in [-0.4, -0.2) is 27.6 Å². The Morgan fingerprint density at radius 3 is 2.61 bits per heavy atom. The summed E-state index contributed by atoms with van der Waals surface area (Å²) in [5.41, 5.74) is 9.11. The van der Waals surface area contributed by atoms with Crippen LogP contribution < -0.4 is 4.90 Å². The fraction of sp³-hybridized carbons (Fsp3) is 0.478. The van der Waals surface area contributed by atoms with Gasteiger partial charge in [-0.1, -0.05) is 13.8 Å². The number of hydrogen-bond donors (Lipinski definition) is 2. The first-order valence-corrected chi connectivity index (χ1v) is 10.6. The fourth-order valence-corrected chi connectivity index (χ4v) is 5.49. The van der Waals surface area contributed by atoms with Gasteiger partial charge in [0.2, 0.25) is 5.91 Å². The van der Waals surface area contributed by atoms with Crippen LogP contribution >= 0.6 is 0 Å². The number of anilines is 1. The molecule has 1 aliphatic carbocycles. The SMILES string of the molecule is CCN1C(=O)C(CC)(CC)c2cc3[nH]c4c(c3cc21)CCCc1c-4n[nH]c1C. The van der Waals surface area contributed by atoms with Crippen molar-refractivity contribution < 1.29 is 4.79 Å². The van der Waals surface area contributed by atoms with Crippen molar-refractivity contribution in [3.8, 4) is 11.4 Å². The Bertz CT molecular complexity index is 1100. The second-order valence-electron chi connectivity index (χ2n) is 8.26. The van der Waals surface area contributed by atoms with E-state index in [1.165, 1.54) is 27.8 Å². The van der Waals surface area contributed by atoms with E-state index in [0.717, 1.165) is 54.7 Å². The van der Waals surface area contributed by atoms with E-state index in [1.807, 2.05) is 4.90 Å². The summed E-state index contributed by atoms with van der Waals surface area (Å²) >= 11 is 0. The molecule has 5 nitrogen and oxygen atoms in total. The Balaban J connectivity index is 1.79. The number of aryl methyl sites for hydroxylation is 2. The summed E-state index contributed by atoms with van der Waals surface area (Å²) in [6, 6.07) is 4.51. The first kappa shape index (κ1) is 17.5. The summed E-state index contributed by atoms with van der Waals surface area (Å²) in [6.45, 7) is 9.17. The number of aromatic nitrogens is 3. The van der Waals surface area contributed by atoms with E-state index in [2.05, 4.69) is 55.0 Å². The Morgan fingerprint density at radius 1 is 1.14 bits per heavy atom. The highest BCUT2D eigenvalue weighted by molar-refractivity contribution is 6.11. The van der Waals surface area contributed by atoms with Gasteiger partial charge >= 0.3 is 0 Å². The molecular formula is C23H28N4O. The normalized spacial score (nSPS) is 17.6. The number of aromatic amines is 2. The Kier molecular flexibility index (Phi) is 3.74. The third-order valence-electron chi connectivity index (χ3n) is 7.17. The molecule has 5 rings (SSSR count). The summed E-state index contributed by atoms with van der Waals surface area (Å²) in [5.74, 6) is 0.263. The van der Waals surface area contributed by atoms with Crippen LogP contribution in [-0.2, 0) is 23.1 Å². The van der Waals surface area contributed by atoms with Crippen molar-refractivity contribution in [2.45, 2.75) is 65.2 Å². The molecule has 0 unspecified atom stereocenters. The number of rotatable bonds is 3. The number of nitrogens with one attached hydrogen (secondary N) is 2. The molecule has 2 N–H and O–H groups in total. The van der Waals surface area contributed by atoms with E-state index in [-0.39, 0.29) is 5.91 Å². The molecule has 146 valence electrons. The Labute approximate surface area is 165 Å². The van der Waals surface area contributed by atoms with Gasteiger partial charge < -0.3 is 9.88 Å². The average Bonchev–Trinajstić information content (AvgIpc) is 3.26. The van der Waals surface area contributed by atoms with Gasteiger partial charge in [0.05, 0.1) is 11.1 Å². The lowest BCUT2D eigenvalue weighted by molar-refractivity contribution is -0.123. The molecule has 0 radical (unpaired) electrons. The van der Waals surface area contributed by atoms with Crippen molar-refractivity contribution in [2.24, 2.45) is 0 Å². The van der Waals surface area contributed by atoms with Gasteiger partial charge in [-0.25, -0.2) is 0 Å². The smallest absolute Gasteiger partial charge is 0.237 e. The zero-order chi connectivity index (χ0) is 19.6. The van der Waals surface area contributed by atoms with Crippen LogP contribution in [0.1, 0.15) is 62.4 Å². The van der Waals surface area contributed by atoms with Gasteiger partial charge in [-0.15, -0.1) is 0 Å². The zero-order valence-electron chi connectivity index (χ0n) is 17.2. The van der Waals surface area contributed by atoms with E-state index in [4.69, 9.17) is 0 Å². The number of H-pyrrole nitrogens is 2. The van der Waals surface area contributed by atoms with Gasteiger partial charge in [0.1, 0.15) is 5.69 Å². The lowest BCUT2D eigenvalue weighted by atomic mass is 9.76. The number of carbonyl (C=O) groups excluding carboxylic acids is 1. The molecule has 0 spiro atoms. The monoisotopic (exact) mass is 376 g/mol. The maximum Gasteiger partial charge on any atom is 0.237 e. The molecule has 1 aliphatic heterocycles. The van der Waals surface area contributed by atoms with E-state index < -0.39 is 5.41 Å². The molecule has 0 bridgehead atoms. The predicted molar refractivity (Wildman–Crippen MR) is 113 cm³/mol. The third-order valence-corrected chi connectivity index (χ3v) is 7.17. The van der Waals surface area contributed by atoms with Gasteiger partial charge in [-0.3, -0.25) is 9.89 Å². The second kappa shape index (κ2) is 5.97. The lowest BCUT2D eigenvalue weighted by Gasteiger charge is -2.25. The van der Waals surface area contributed by atoms with Crippen LogP contribution in [0.25, 0.3) is 22.3 Å². The quantitative estimate of drug-likeness (QED) is 0.691. The highest BCUT2D eigenvalue weighted by Gasteiger charge is 2.48. The number of carbonyl (C=O) groups is 1. The van der Waals surface area contributed by atoms with Crippen molar-refractivity contribution in [3.05, 3.63) is 34.5 Å². The topological polar surface area (TPSA) is 64.8 Å². The van der Waals surface area contributed by atoms with Crippen LogP contribution in [0.5, 0.6) is 0 Å². The molecule has 2 aromatic heterocycles. The van der Waals surface area contributed by atoms with Crippen LogP contribution in [0, 0.1) is 6.92 Å². The molecule has 0 saturated carbocycles. The summed E-state index contributed by atoms with van der Waals surface area (Å²) < 4.78 is 0. The number of fused-ring (bicyclic) bond motifs is 6. The van der Waals surface area contributed by atoms with Gasteiger partial charge in [-0.2, -0.15) is 5.10 Å². The number of benzene rings is 1. The maximum atomic E-state index is 13.3. The zero-order valence-corrected chi connectivity index (χ0v) is 17.2. The van der Waals surface area contributed by atoms with Crippen molar-refractivity contribution in [1.29, 1.82) is 0 Å². The van der Waals surface area contributed by atoms with Gasteiger partial charge in [-0.05, 0) is 69.2 Å². The number of amides is 1. The summed E-state index contributed by atoms with van der Waals surface area (Å²) in [6.07, 6.45) is 4.88. The molecular weight excluding hydrogens is 348 g/mol. The molecule has 0 saturated heterocycles. The lowest BCUT2D eigenvalue weighted by Crippen LogP contribution is -2.39. The largest absolute Gasteiger partial charge is 0.353 e. The van der Waals surface area contributed by atoms with Crippen molar-refractivity contribution in [1.82, 2.24) is 15.2 Å². The highest BCUT2D eigenvalue weighted by atomic mass is 16.2. The molecule has 0 fully saturated rings. The molecule has 5 heteroatoms. The van der Waals surface area contributed by atoms with Crippen molar-refractivity contribution in [2.75, 3.05) is 11.4 Å². The van der Waals surface area contributed by atoms with Crippen LogP contribution in [0.3, 0.4) is 0 Å². The van der Waals surface area contributed by atoms with Crippen LogP contribution in [0.15, 0.2) is 12.1 Å². The number of likely N-dealkylation sites (N-methyl/N-ethyl adjacent to an activating group) is 1. The van der Waals surface area contributed by atoms with Crippen molar-refractivity contribution in [3.63, 3.8) is 0 Å². The minimum absolute atomic E-state index is 0.263. The minimum atomic E-state index is -0.393. The third kappa shape index (κ3) is 2.02.